The molecule has 0 saturated carbocycles. The Morgan fingerprint density at radius 2 is 1.06 bits per heavy atom. The Morgan fingerprint density at radius 1 is 0.618 bits per heavy atom. The molecule has 2 atom stereocenters. The van der Waals surface area contributed by atoms with Crippen molar-refractivity contribution in [1.29, 1.82) is 0 Å². The molecule has 34 heavy (non-hydrogen) atoms. The number of aromatic amines is 2. The van der Waals surface area contributed by atoms with Gasteiger partial charge in [-0.25, -0.2) is 9.97 Å². The number of nitrogens with zero attached hydrogens (tertiary/aromatic N) is 2. The summed E-state index contributed by atoms with van der Waals surface area (Å²) in [4.78, 5) is 17.4. The van der Waals surface area contributed by atoms with Gasteiger partial charge in [0.25, 0.3) is 0 Å². The van der Waals surface area contributed by atoms with E-state index in [2.05, 4.69) is 19.9 Å². The van der Waals surface area contributed by atoms with Gasteiger partial charge in [0.15, 0.2) is 0 Å². The van der Waals surface area contributed by atoms with Gasteiger partial charge in [-0.15, -0.1) is 0 Å². The fraction of sp³-hybridized carbons (Fsp3) is 0.0769. The summed E-state index contributed by atoms with van der Waals surface area (Å²) in [7, 11) is -2.20. The molecular weight excluding hydrogens is 464 g/mol. The van der Waals surface area contributed by atoms with E-state index in [9.17, 15) is 8.42 Å². The molecule has 170 valence electrons. The molecule has 5 rings (SSSR count). The first-order chi connectivity index (χ1) is 16.5. The molecule has 0 bridgehead atoms. The fourth-order valence-corrected chi connectivity index (χ4v) is 5.42. The van der Waals surface area contributed by atoms with Gasteiger partial charge in [-0.1, -0.05) is 54.6 Å². The second-order valence-electron chi connectivity index (χ2n) is 7.77. The fourth-order valence-electron chi connectivity index (χ4n) is 3.90. The van der Waals surface area contributed by atoms with Gasteiger partial charge < -0.3 is 9.97 Å². The lowest BCUT2D eigenvalue weighted by atomic mass is 10.1. The summed E-state index contributed by atoms with van der Waals surface area (Å²) in [5.74, 6) is 1.43. The molecule has 0 aliphatic heterocycles. The van der Waals surface area contributed by atoms with E-state index in [1.54, 1.807) is 24.9 Å². The van der Waals surface area contributed by atoms with Crippen LogP contribution in [0.15, 0.2) is 95.0 Å². The maximum atomic E-state index is 12.1. The SMILES string of the molecule is CS(=O)c1ccccc1-c1cnc(-c2cccc(-c3ncc(-c4ccccc4S(C)=O)[nH]3)c2)[nH]1. The first kappa shape index (κ1) is 22.2. The lowest BCUT2D eigenvalue weighted by Crippen LogP contribution is -1.92. The van der Waals surface area contributed by atoms with Gasteiger partial charge in [0.05, 0.1) is 45.4 Å². The number of benzene rings is 3. The van der Waals surface area contributed by atoms with Gasteiger partial charge in [-0.05, 0) is 18.2 Å². The molecule has 0 radical (unpaired) electrons. The molecule has 0 fully saturated rings. The third-order valence-corrected chi connectivity index (χ3v) is 7.49. The van der Waals surface area contributed by atoms with Crippen LogP contribution in [-0.2, 0) is 21.6 Å². The normalized spacial score (nSPS) is 13.0. The molecule has 0 saturated heterocycles. The summed E-state index contributed by atoms with van der Waals surface area (Å²) >= 11 is 0. The van der Waals surface area contributed by atoms with Gasteiger partial charge >= 0.3 is 0 Å². The van der Waals surface area contributed by atoms with Crippen molar-refractivity contribution in [1.82, 2.24) is 19.9 Å². The van der Waals surface area contributed by atoms with E-state index < -0.39 is 21.6 Å². The van der Waals surface area contributed by atoms with Crippen molar-refractivity contribution in [2.24, 2.45) is 0 Å². The zero-order chi connectivity index (χ0) is 23.7. The molecular formula is C26H22N4O2S2. The second-order valence-corrected chi connectivity index (χ2v) is 10.5. The molecule has 0 aliphatic rings. The summed E-state index contributed by atoms with van der Waals surface area (Å²) in [5.41, 5.74) is 5.20. The molecule has 0 spiro atoms. The Labute approximate surface area is 202 Å². The van der Waals surface area contributed by atoms with Crippen molar-refractivity contribution in [3.8, 4) is 45.3 Å². The molecule has 2 unspecified atom stereocenters. The van der Waals surface area contributed by atoms with Gasteiger partial charge in [0.2, 0.25) is 0 Å². The number of rotatable bonds is 6. The maximum Gasteiger partial charge on any atom is 0.137 e. The minimum atomic E-state index is -1.10. The number of imidazole rings is 2. The maximum absolute atomic E-state index is 12.1. The van der Waals surface area contributed by atoms with E-state index in [1.165, 1.54) is 0 Å². The zero-order valence-corrected chi connectivity index (χ0v) is 20.2. The van der Waals surface area contributed by atoms with Gasteiger partial charge in [0.1, 0.15) is 11.6 Å². The third kappa shape index (κ3) is 4.30. The minimum absolute atomic E-state index is 0.715. The number of hydrogen-bond donors (Lipinski definition) is 2. The van der Waals surface area contributed by atoms with Crippen molar-refractivity contribution >= 4 is 21.6 Å². The van der Waals surface area contributed by atoms with Gasteiger partial charge in [-0.3, -0.25) is 8.42 Å². The number of aromatic nitrogens is 4. The first-order valence-electron chi connectivity index (χ1n) is 10.6. The molecule has 2 aromatic heterocycles. The van der Waals surface area contributed by atoms with Crippen LogP contribution >= 0.6 is 0 Å². The highest BCUT2D eigenvalue weighted by atomic mass is 32.2. The number of H-pyrrole nitrogens is 2. The zero-order valence-electron chi connectivity index (χ0n) is 18.6. The number of nitrogens with one attached hydrogen (secondary N) is 2. The van der Waals surface area contributed by atoms with Crippen molar-refractivity contribution in [2.45, 2.75) is 9.79 Å². The van der Waals surface area contributed by atoms with Crippen LogP contribution in [0.4, 0.5) is 0 Å². The van der Waals surface area contributed by atoms with Gasteiger partial charge in [-0.2, -0.15) is 0 Å². The van der Waals surface area contributed by atoms with E-state index in [0.717, 1.165) is 43.4 Å². The lowest BCUT2D eigenvalue weighted by Gasteiger charge is -2.05. The minimum Gasteiger partial charge on any atom is -0.338 e. The molecule has 3 aromatic carbocycles. The Kier molecular flexibility index (Phi) is 6.08. The van der Waals surface area contributed by atoms with E-state index in [4.69, 9.17) is 0 Å². The summed E-state index contributed by atoms with van der Waals surface area (Å²) in [5, 5.41) is 0. The summed E-state index contributed by atoms with van der Waals surface area (Å²) in [6.07, 6.45) is 6.88. The highest BCUT2D eigenvalue weighted by Gasteiger charge is 2.14. The van der Waals surface area contributed by atoms with Crippen LogP contribution in [0.2, 0.25) is 0 Å². The quantitative estimate of drug-likeness (QED) is 0.342. The molecule has 0 aliphatic carbocycles. The van der Waals surface area contributed by atoms with E-state index in [0.29, 0.717) is 11.6 Å². The van der Waals surface area contributed by atoms with E-state index >= 15 is 0 Å². The molecule has 8 heteroatoms. The van der Waals surface area contributed by atoms with E-state index in [-0.39, 0.29) is 0 Å². The Balaban J connectivity index is 1.48. The van der Waals surface area contributed by atoms with Crippen molar-refractivity contribution in [3.63, 3.8) is 0 Å². The second kappa shape index (κ2) is 9.32. The topological polar surface area (TPSA) is 91.5 Å². The largest absolute Gasteiger partial charge is 0.338 e. The molecule has 0 amide bonds. The predicted octanol–water partition coefficient (Wildman–Crippen LogP) is 5.28. The summed E-state index contributed by atoms with van der Waals surface area (Å²) < 4.78 is 24.3. The molecule has 5 aromatic rings. The molecule has 2 heterocycles. The third-order valence-electron chi connectivity index (χ3n) is 5.53. The summed E-state index contributed by atoms with van der Waals surface area (Å²) in [6.45, 7) is 0. The molecule has 6 nitrogen and oxygen atoms in total. The van der Waals surface area contributed by atoms with Crippen LogP contribution in [0.5, 0.6) is 0 Å². The van der Waals surface area contributed by atoms with Crippen molar-refractivity contribution in [2.75, 3.05) is 12.5 Å². The average Bonchev–Trinajstić information content (AvgIpc) is 3.55. The van der Waals surface area contributed by atoms with E-state index in [1.807, 2.05) is 72.8 Å². The predicted molar refractivity (Wildman–Crippen MR) is 137 cm³/mol. The Bertz CT molecular complexity index is 1430. The van der Waals surface area contributed by atoms with Crippen LogP contribution in [0.1, 0.15) is 0 Å². The monoisotopic (exact) mass is 486 g/mol. The number of hydrogen-bond acceptors (Lipinski definition) is 4. The highest BCUT2D eigenvalue weighted by Crippen LogP contribution is 2.30. The van der Waals surface area contributed by atoms with Crippen molar-refractivity contribution in [3.05, 3.63) is 85.2 Å². The van der Waals surface area contributed by atoms with Crippen molar-refractivity contribution < 1.29 is 8.42 Å². The van der Waals surface area contributed by atoms with Gasteiger partial charge in [0, 0.05) is 44.6 Å². The Hall–Kier alpha value is -3.62. The van der Waals surface area contributed by atoms with Crippen LogP contribution in [0.25, 0.3) is 45.3 Å². The molecule has 2 N–H and O–H groups in total. The Morgan fingerprint density at radius 3 is 1.50 bits per heavy atom. The summed E-state index contributed by atoms with van der Waals surface area (Å²) in [6, 6.07) is 23.2. The van der Waals surface area contributed by atoms with Crippen LogP contribution in [0.3, 0.4) is 0 Å². The smallest absolute Gasteiger partial charge is 0.137 e. The average molecular weight is 487 g/mol. The highest BCUT2D eigenvalue weighted by molar-refractivity contribution is 7.84. The lowest BCUT2D eigenvalue weighted by molar-refractivity contribution is 0.686. The van der Waals surface area contributed by atoms with Crippen LogP contribution in [-0.4, -0.2) is 40.9 Å². The standard InChI is InChI=1S/C26H22N4O2S2/c1-33(31)23-12-5-3-10-19(23)21-15-27-25(29-21)17-8-7-9-18(14-17)26-28-16-22(30-26)20-11-4-6-13-24(20)34(2)32/h3-16H,1-2H3,(H,27,29)(H,28,30). The van der Waals surface area contributed by atoms with Crippen LogP contribution < -0.4 is 0 Å². The first-order valence-corrected chi connectivity index (χ1v) is 13.7. The van der Waals surface area contributed by atoms with Crippen LogP contribution in [0, 0.1) is 0 Å².